The Bertz CT molecular complexity index is 3180. The fourth-order valence-corrected chi connectivity index (χ4v) is 12.0. The number of aliphatic imine (C=N–C) groups is 2. The maximum atomic E-state index is 14.2. The van der Waals surface area contributed by atoms with Gasteiger partial charge in [0.15, 0.2) is 11.9 Å². The first-order valence-electron chi connectivity index (χ1n) is 36.7. The summed E-state index contributed by atoms with van der Waals surface area (Å²) in [5.41, 5.74) is 27.9. The van der Waals surface area contributed by atoms with Crippen LogP contribution < -0.4 is 114 Å². The van der Waals surface area contributed by atoms with Gasteiger partial charge in [0.25, 0.3) is 0 Å². The molecular weight excluding hydrogens is 1560 g/mol. The molecule has 630 valence electrons. The van der Waals surface area contributed by atoms with Gasteiger partial charge in [-0.05, 0) is 75.2 Å². The van der Waals surface area contributed by atoms with E-state index in [9.17, 15) is 76.7 Å². The normalized spacial score (nSPS) is 26.1. The monoisotopic (exact) mass is 1680 g/mol. The van der Waals surface area contributed by atoms with Crippen LogP contribution in [0.3, 0.4) is 0 Å². The van der Waals surface area contributed by atoms with Crippen molar-refractivity contribution in [1.29, 1.82) is 0 Å². The smallest absolute Gasteiger partial charge is 0.244 e. The van der Waals surface area contributed by atoms with Crippen LogP contribution in [0, 0.1) is 23.7 Å². The first-order chi connectivity index (χ1) is 52.5. The van der Waals surface area contributed by atoms with Gasteiger partial charge in [-0.2, -0.15) is 75.8 Å². The molecule has 0 aromatic heterocycles. The summed E-state index contributed by atoms with van der Waals surface area (Å²) in [5, 5.41) is 40.5. The number of hydrogen-bond acceptors (Lipinski definition) is 25. The van der Waals surface area contributed by atoms with E-state index in [0.717, 1.165) is 0 Å². The van der Waals surface area contributed by atoms with Gasteiger partial charge in [-0.15, -0.1) is 0 Å². The van der Waals surface area contributed by atoms with E-state index in [0.29, 0.717) is 32.1 Å². The quantitative estimate of drug-likeness (QED) is 0.0166. The number of carbonyl (C=O) groups excluding carboxylic acids is 16. The minimum Gasteiger partial charge on any atom is -0.370 e. The van der Waals surface area contributed by atoms with Crippen molar-refractivity contribution in [2.24, 2.45) is 62.3 Å². The second kappa shape index (κ2) is 54.7. The summed E-state index contributed by atoms with van der Waals surface area (Å²) >= 11 is 25.7. The molecule has 45 heteroatoms. The summed E-state index contributed by atoms with van der Waals surface area (Å²) in [6.45, 7) is 11.3. The van der Waals surface area contributed by atoms with Crippen LogP contribution >= 0.6 is 75.8 Å². The van der Waals surface area contributed by atoms with Crippen molar-refractivity contribution in [3.8, 4) is 0 Å². The highest BCUT2D eigenvalue weighted by molar-refractivity contribution is 7.81. The Balaban J connectivity index is 4.02. The van der Waals surface area contributed by atoms with Gasteiger partial charge in [0, 0.05) is 47.6 Å². The molecule has 0 aromatic rings. The van der Waals surface area contributed by atoms with Gasteiger partial charge in [0.1, 0.15) is 78.5 Å². The SMILES string of the molecule is CC[C@H](C)[C@@H]1NC(=O)CNC(=O)[C@H](CCCCN)NC(=O)CNC(=O)[C@H](CS)NC(=O)[C@H]([C@@H](C)CC)NC(=O)[C@H](CS)NC(=O)[C@H](CCCN=C(N)N)NC(=O)[C@H](CS)NC(=O)[C@H]([C@@H](C)CC)NC(=O)CNC(=O)[C@H](CS)NC(=O)[C@H]([C@@H](C)CC)NC(=O)[C@H](CS)NC(=O)[C@H](CCCN=C(N)N)NC(=O)[C@H](CS)NC1=O. The highest BCUT2D eigenvalue weighted by Crippen LogP contribution is 2.15. The Hall–Kier alpha value is -7.88. The zero-order chi connectivity index (χ0) is 84.2. The summed E-state index contributed by atoms with van der Waals surface area (Å²) in [4.78, 5) is 231. The van der Waals surface area contributed by atoms with Crippen LogP contribution in [0.1, 0.15) is 126 Å². The summed E-state index contributed by atoms with van der Waals surface area (Å²) in [5.74, 6) is -19.5. The number of unbranched alkanes of at least 4 members (excludes halogenated alkanes) is 1. The molecule has 0 saturated carbocycles. The second-order valence-corrected chi connectivity index (χ2v) is 28.8. The number of amides is 16. The third-order valence-corrected chi connectivity index (χ3v) is 20.3. The minimum absolute atomic E-state index is 0.00710. The van der Waals surface area contributed by atoms with Crippen molar-refractivity contribution in [2.45, 2.75) is 205 Å². The number of guanidine groups is 2. The predicted octanol–water partition coefficient (Wildman–Crippen LogP) is -7.35. The second-order valence-electron chi connectivity index (χ2n) is 26.6. The number of thiol groups is 6. The lowest BCUT2D eigenvalue weighted by Gasteiger charge is -2.29. The van der Waals surface area contributed by atoms with E-state index < -0.39 is 216 Å². The van der Waals surface area contributed by atoms with Gasteiger partial charge in [-0.25, -0.2) is 0 Å². The predicted molar refractivity (Wildman–Crippen MR) is 438 cm³/mol. The molecule has 0 spiro atoms. The minimum atomic E-state index is -1.49. The molecule has 111 heavy (non-hydrogen) atoms. The van der Waals surface area contributed by atoms with Crippen LogP contribution in [0.5, 0.6) is 0 Å². The molecule has 1 aliphatic heterocycles. The highest BCUT2D eigenvalue weighted by Gasteiger charge is 2.39. The number of hydrogen-bond donors (Lipinski definition) is 27. The standard InChI is InChI=1S/C66H119N23O16S6/c1-9-32(5)48-61(102)84-41(28-108)57(98)78-37(18-15-21-72-65(68)69)55(96)81-44(31-111)60(101)89-51(35(8)12-4)64(105)83-40(27-107)54(95)76-25-47(92)87-49(33(6)10-2)62(103)85-42(29-109)58(99)79-38(19-16-22-73-66(70)71)56(97)80-43(30-110)59(100)88-50(34(7)11-3)63(104)82-39(26-106)53(94)75-23-45(90)77-36(17-13-14-20-67)52(93)74-24-46(91)86-48/h32-44,48-51,106-111H,9-31,67H2,1-8H3,(H,74,93)(H,75,94)(H,76,95)(H,77,90)(H,78,98)(H,79,99)(H,80,97)(H,81,96)(H,82,104)(H,83,105)(H,84,102)(H,85,103)(H,86,91)(H,87,92)(H,88,100)(H,89,101)(H4,68,69,72)(H4,70,71,73)/t32-,33-,34-,35-,36-,37-,38-,39-,40-,41-,42-,43-,44-,48-,49-,50-,51-/m0/s1. The Labute approximate surface area is 680 Å². The fourth-order valence-electron chi connectivity index (χ4n) is 10.5. The van der Waals surface area contributed by atoms with Crippen LogP contribution in [0.2, 0.25) is 0 Å². The molecule has 0 bridgehead atoms. The molecule has 39 nitrogen and oxygen atoms in total. The summed E-state index contributed by atoms with van der Waals surface area (Å²) in [6.07, 6.45) is 1.77. The molecule has 1 saturated heterocycles. The number of rotatable bonds is 26. The van der Waals surface area contributed by atoms with Crippen LogP contribution in [-0.4, -0.2) is 259 Å². The lowest BCUT2D eigenvalue weighted by Crippen LogP contribution is -2.62. The Morgan fingerprint density at radius 3 is 0.793 bits per heavy atom. The molecule has 1 rings (SSSR count). The average Bonchev–Trinajstić information content (AvgIpc) is 0.988. The third-order valence-electron chi connectivity index (χ3n) is 18.1. The van der Waals surface area contributed by atoms with Crippen molar-refractivity contribution >= 4 is 182 Å². The number of nitrogens with zero attached hydrogens (tertiary/aromatic N) is 2. The van der Waals surface area contributed by atoms with E-state index in [1.54, 1.807) is 55.4 Å². The molecular formula is C66H119N23O16S6. The van der Waals surface area contributed by atoms with E-state index in [-0.39, 0.29) is 105 Å². The number of nitrogens with two attached hydrogens (primary N) is 5. The molecule has 0 aromatic carbocycles. The van der Waals surface area contributed by atoms with Gasteiger partial charge in [0.2, 0.25) is 94.5 Å². The summed E-state index contributed by atoms with van der Waals surface area (Å²) in [7, 11) is 0. The van der Waals surface area contributed by atoms with Crippen molar-refractivity contribution < 1.29 is 76.7 Å². The lowest BCUT2D eigenvalue weighted by molar-refractivity contribution is -0.136. The topological polar surface area (TPSA) is 620 Å². The van der Waals surface area contributed by atoms with Gasteiger partial charge in [-0.1, -0.05) is 81.1 Å². The summed E-state index contributed by atoms with van der Waals surface area (Å²) in [6, 6.07) is -18.4. The maximum absolute atomic E-state index is 14.2. The highest BCUT2D eigenvalue weighted by atomic mass is 32.1. The molecule has 0 unspecified atom stereocenters. The van der Waals surface area contributed by atoms with Crippen molar-refractivity contribution in [3.63, 3.8) is 0 Å². The van der Waals surface area contributed by atoms with E-state index in [4.69, 9.17) is 28.7 Å². The summed E-state index contributed by atoms with van der Waals surface area (Å²) < 4.78 is 0. The third kappa shape index (κ3) is 37.1. The number of nitrogens with one attached hydrogen (secondary N) is 16. The van der Waals surface area contributed by atoms with E-state index in [2.05, 4.69) is 171 Å². The van der Waals surface area contributed by atoms with Gasteiger partial charge >= 0.3 is 0 Å². The van der Waals surface area contributed by atoms with Crippen molar-refractivity contribution in [2.75, 3.05) is 73.8 Å². The van der Waals surface area contributed by atoms with Crippen LogP contribution in [0.25, 0.3) is 0 Å². The Kier molecular flexibility index (Phi) is 49.9. The van der Waals surface area contributed by atoms with Crippen molar-refractivity contribution in [1.82, 2.24) is 85.1 Å². The van der Waals surface area contributed by atoms with Crippen LogP contribution in [-0.2, 0) is 76.7 Å². The Morgan fingerprint density at radius 2 is 0.523 bits per heavy atom. The molecule has 1 aliphatic rings. The van der Waals surface area contributed by atoms with E-state index >= 15 is 0 Å². The maximum Gasteiger partial charge on any atom is 0.244 e. The van der Waals surface area contributed by atoms with Crippen LogP contribution in [0.4, 0.5) is 0 Å². The van der Waals surface area contributed by atoms with Gasteiger partial charge in [-0.3, -0.25) is 86.7 Å². The molecule has 26 N–H and O–H groups in total. The van der Waals surface area contributed by atoms with E-state index in [1.165, 1.54) is 0 Å². The first-order valence-corrected chi connectivity index (χ1v) is 40.5. The average molecular weight is 1680 g/mol. The molecule has 1 heterocycles. The molecule has 17 atom stereocenters. The van der Waals surface area contributed by atoms with Gasteiger partial charge in [0.05, 0.1) is 19.6 Å². The van der Waals surface area contributed by atoms with Gasteiger partial charge < -0.3 is 114 Å². The molecule has 1 fully saturated rings. The first kappa shape index (κ1) is 101. The molecule has 0 aliphatic carbocycles. The van der Waals surface area contributed by atoms with E-state index in [1.807, 2.05) is 0 Å². The van der Waals surface area contributed by atoms with Crippen LogP contribution in [0.15, 0.2) is 9.98 Å². The zero-order valence-electron chi connectivity index (χ0n) is 64.1. The number of carbonyl (C=O) groups is 16. The Morgan fingerprint density at radius 1 is 0.306 bits per heavy atom. The molecule has 0 radical (unpaired) electrons. The zero-order valence-corrected chi connectivity index (χ0v) is 69.4. The fraction of sp³-hybridized carbons (Fsp3) is 0.727. The molecule has 16 amide bonds. The largest absolute Gasteiger partial charge is 0.370 e. The lowest BCUT2D eigenvalue weighted by atomic mass is 9.97. The van der Waals surface area contributed by atoms with Crippen molar-refractivity contribution in [3.05, 3.63) is 0 Å².